The van der Waals surface area contributed by atoms with Gasteiger partial charge in [-0.25, -0.2) is 13.8 Å². The first kappa shape index (κ1) is 26.8. The molecule has 0 atom stereocenters. The van der Waals surface area contributed by atoms with E-state index < -0.39 is 22.5 Å². The van der Waals surface area contributed by atoms with Crippen LogP contribution in [0.1, 0.15) is 22.3 Å². The molecule has 4 aromatic carbocycles. The van der Waals surface area contributed by atoms with Crippen molar-refractivity contribution in [2.45, 2.75) is 25.0 Å². The lowest BCUT2D eigenvalue weighted by Crippen LogP contribution is -2.39. The zero-order valence-electron chi connectivity index (χ0n) is 21.0. The maximum absolute atomic E-state index is 13.4. The highest BCUT2D eigenvalue weighted by atomic mass is 32.2. The van der Waals surface area contributed by atoms with Crippen molar-refractivity contribution in [3.05, 3.63) is 131 Å². The summed E-state index contributed by atoms with van der Waals surface area (Å²) in [7, 11) is -3.92. The highest BCUT2D eigenvalue weighted by Gasteiger charge is 2.26. The Bertz CT molecular complexity index is 1470. The molecule has 0 unspecified atom stereocenters. The van der Waals surface area contributed by atoms with Crippen LogP contribution < -0.4 is 10.2 Å². The molecule has 0 saturated carbocycles. The van der Waals surface area contributed by atoms with E-state index in [2.05, 4.69) is 10.5 Å². The lowest BCUT2D eigenvalue weighted by atomic mass is 10.1. The molecule has 4 rings (SSSR count). The van der Waals surface area contributed by atoms with Crippen LogP contribution in [0.2, 0.25) is 0 Å². The van der Waals surface area contributed by atoms with Gasteiger partial charge in [-0.15, -0.1) is 0 Å². The second-order valence-electron chi connectivity index (χ2n) is 8.68. The standard InChI is InChI=1S/C30H29N3O4S/c1-24-16-18-25(19-17-24)21-33(38(35,36)28-13-6-3-7-14-28)22-30(34)32-31-20-27-12-8-9-15-29(27)37-23-26-10-4-2-5-11-26/h2-20H,21-23H2,1H3,(H,32,34)/b31-20+. The van der Waals surface area contributed by atoms with Crippen molar-refractivity contribution in [2.75, 3.05) is 6.54 Å². The average Bonchev–Trinajstić information content (AvgIpc) is 2.94. The molecule has 0 bridgehead atoms. The number of benzene rings is 4. The van der Waals surface area contributed by atoms with Gasteiger partial charge in [0.25, 0.3) is 5.91 Å². The van der Waals surface area contributed by atoms with Gasteiger partial charge in [-0.1, -0.05) is 90.5 Å². The molecule has 38 heavy (non-hydrogen) atoms. The summed E-state index contributed by atoms with van der Waals surface area (Å²) in [5.74, 6) is 0.0533. The Kier molecular flexibility index (Phi) is 9.02. The predicted octanol–water partition coefficient (Wildman–Crippen LogP) is 4.92. The molecule has 0 aliphatic heterocycles. The number of rotatable bonds is 11. The number of sulfonamides is 1. The normalized spacial score (nSPS) is 11.5. The minimum atomic E-state index is -3.92. The monoisotopic (exact) mass is 527 g/mol. The highest BCUT2D eigenvalue weighted by Crippen LogP contribution is 2.19. The maximum atomic E-state index is 13.4. The van der Waals surface area contributed by atoms with E-state index in [4.69, 9.17) is 4.74 Å². The average molecular weight is 528 g/mol. The van der Waals surface area contributed by atoms with E-state index in [1.807, 2.05) is 85.8 Å². The molecule has 1 amide bonds. The molecule has 1 N–H and O–H groups in total. The Labute approximate surface area is 223 Å². The van der Waals surface area contributed by atoms with Gasteiger partial charge >= 0.3 is 0 Å². The fraction of sp³-hybridized carbons (Fsp3) is 0.133. The largest absolute Gasteiger partial charge is 0.488 e. The van der Waals surface area contributed by atoms with Gasteiger partial charge in [-0.05, 0) is 42.3 Å². The van der Waals surface area contributed by atoms with Crippen LogP contribution in [-0.4, -0.2) is 31.4 Å². The van der Waals surface area contributed by atoms with Gasteiger partial charge in [0.15, 0.2) is 0 Å². The smallest absolute Gasteiger partial charge is 0.255 e. The number of ether oxygens (including phenoxy) is 1. The van der Waals surface area contributed by atoms with Gasteiger partial charge in [0.05, 0.1) is 17.7 Å². The van der Waals surface area contributed by atoms with Crippen molar-refractivity contribution in [3.8, 4) is 5.75 Å². The van der Waals surface area contributed by atoms with Crippen LogP contribution in [0, 0.1) is 6.92 Å². The molecule has 0 fully saturated rings. The lowest BCUT2D eigenvalue weighted by molar-refractivity contribution is -0.121. The summed E-state index contributed by atoms with van der Waals surface area (Å²) in [6.45, 7) is 2.00. The Balaban J connectivity index is 1.45. The van der Waals surface area contributed by atoms with Crippen LogP contribution in [0.5, 0.6) is 5.75 Å². The zero-order valence-corrected chi connectivity index (χ0v) is 21.8. The number of nitrogens with zero attached hydrogens (tertiary/aromatic N) is 2. The van der Waals surface area contributed by atoms with Crippen LogP contribution in [0.15, 0.2) is 119 Å². The SMILES string of the molecule is Cc1ccc(CN(CC(=O)N/N=C/c2ccccc2OCc2ccccc2)S(=O)(=O)c2ccccc2)cc1. The molecule has 0 radical (unpaired) electrons. The molecule has 4 aromatic rings. The van der Waals surface area contributed by atoms with Crippen LogP contribution in [0.25, 0.3) is 0 Å². The number of para-hydroxylation sites is 1. The first-order valence-electron chi connectivity index (χ1n) is 12.1. The van der Waals surface area contributed by atoms with Gasteiger partial charge in [0.2, 0.25) is 10.0 Å². The number of hydrogen-bond donors (Lipinski definition) is 1. The second kappa shape index (κ2) is 12.8. The van der Waals surface area contributed by atoms with E-state index in [1.54, 1.807) is 18.2 Å². The lowest BCUT2D eigenvalue weighted by Gasteiger charge is -2.21. The van der Waals surface area contributed by atoms with Crippen LogP contribution in [0.3, 0.4) is 0 Å². The molecule has 0 spiro atoms. The number of carbonyl (C=O) groups excluding carboxylic acids is 1. The highest BCUT2D eigenvalue weighted by molar-refractivity contribution is 7.89. The third-order valence-electron chi connectivity index (χ3n) is 5.73. The van der Waals surface area contributed by atoms with E-state index in [-0.39, 0.29) is 11.4 Å². The number of aryl methyl sites for hydroxylation is 1. The maximum Gasteiger partial charge on any atom is 0.255 e. The van der Waals surface area contributed by atoms with Crippen molar-refractivity contribution in [2.24, 2.45) is 5.10 Å². The van der Waals surface area contributed by atoms with E-state index in [0.717, 1.165) is 21.0 Å². The second-order valence-corrected chi connectivity index (χ2v) is 10.6. The summed E-state index contributed by atoms with van der Waals surface area (Å²) in [5.41, 5.74) is 5.99. The van der Waals surface area contributed by atoms with Crippen molar-refractivity contribution >= 4 is 22.1 Å². The fourth-order valence-electron chi connectivity index (χ4n) is 3.69. The van der Waals surface area contributed by atoms with Crippen LogP contribution in [0.4, 0.5) is 0 Å². The van der Waals surface area contributed by atoms with Crippen molar-refractivity contribution < 1.29 is 17.9 Å². The molecular formula is C30H29N3O4S. The molecule has 0 heterocycles. The van der Waals surface area contributed by atoms with Crippen molar-refractivity contribution in [1.82, 2.24) is 9.73 Å². The van der Waals surface area contributed by atoms with Gasteiger partial charge < -0.3 is 4.74 Å². The van der Waals surface area contributed by atoms with E-state index in [9.17, 15) is 13.2 Å². The Morgan fingerprint density at radius 1 is 0.842 bits per heavy atom. The summed E-state index contributed by atoms with van der Waals surface area (Å²) in [5, 5.41) is 4.06. The minimum Gasteiger partial charge on any atom is -0.488 e. The predicted molar refractivity (Wildman–Crippen MR) is 148 cm³/mol. The van der Waals surface area contributed by atoms with E-state index in [0.29, 0.717) is 17.9 Å². The van der Waals surface area contributed by atoms with E-state index in [1.165, 1.54) is 18.3 Å². The van der Waals surface area contributed by atoms with Crippen molar-refractivity contribution in [1.29, 1.82) is 0 Å². The summed E-state index contributed by atoms with van der Waals surface area (Å²) in [4.78, 5) is 12.9. The van der Waals surface area contributed by atoms with Crippen LogP contribution >= 0.6 is 0 Å². The quantitative estimate of drug-likeness (QED) is 0.222. The van der Waals surface area contributed by atoms with Gasteiger partial charge in [-0.2, -0.15) is 9.41 Å². The molecule has 0 aliphatic carbocycles. The molecule has 8 heteroatoms. The summed E-state index contributed by atoms with van der Waals surface area (Å²) < 4.78 is 33.8. The zero-order chi connectivity index (χ0) is 26.8. The number of carbonyl (C=O) groups is 1. The molecule has 0 aliphatic rings. The Hall–Kier alpha value is -4.27. The summed E-state index contributed by atoms with van der Waals surface area (Å²) in [6, 6.07) is 32.7. The van der Waals surface area contributed by atoms with Crippen LogP contribution in [-0.2, 0) is 28.0 Å². The molecule has 0 saturated heterocycles. The summed E-state index contributed by atoms with van der Waals surface area (Å²) >= 11 is 0. The van der Waals surface area contributed by atoms with Gasteiger partial charge in [-0.3, -0.25) is 4.79 Å². The third kappa shape index (κ3) is 7.38. The van der Waals surface area contributed by atoms with Gasteiger partial charge in [0, 0.05) is 12.1 Å². The third-order valence-corrected chi connectivity index (χ3v) is 7.54. The fourth-order valence-corrected chi connectivity index (χ4v) is 5.09. The number of nitrogens with one attached hydrogen (secondary N) is 1. The first-order valence-corrected chi connectivity index (χ1v) is 13.5. The Morgan fingerprint density at radius 3 is 2.18 bits per heavy atom. The molecular weight excluding hydrogens is 498 g/mol. The van der Waals surface area contributed by atoms with Crippen molar-refractivity contribution in [3.63, 3.8) is 0 Å². The Morgan fingerprint density at radius 2 is 1.47 bits per heavy atom. The van der Waals surface area contributed by atoms with E-state index >= 15 is 0 Å². The number of amides is 1. The molecule has 194 valence electrons. The van der Waals surface area contributed by atoms with Gasteiger partial charge in [0.1, 0.15) is 12.4 Å². The minimum absolute atomic E-state index is 0.0464. The summed E-state index contributed by atoms with van der Waals surface area (Å²) in [6.07, 6.45) is 1.48. The number of hydrogen-bond acceptors (Lipinski definition) is 5. The topological polar surface area (TPSA) is 88.1 Å². The number of hydrazone groups is 1. The first-order chi connectivity index (χ1) is 18.4. The molecule has 7 nitrogen and oxygen atoms in total. The molecule has 0 aromatic heterocycles.